The third-order valence-electron chi connectivity index (χ3n) is 2.67. The first-order chi connectivity index (χ1) is 6.38. The summed E-state index contributed by atoms with van der Waals surface area (Å²) in [4.78, 5) is 0. The van der Waals surface area contributed by atoms with Crippen LogP contribution in [0, 0.1) is 5.92 Å². The molecular weight excluding hydrogens is 160 g/mol. The molecule has 0 spiro atoms. The summed E-state index contributed by atoms with van der Waals surface area (Å²) >= 11 is 0. The SMILES string of the molecule is COc1cccc(CCC2CC2)c1. The Kier molecular flexibility index (Phi) is 2.53. The number of hydrogen-bond acceptors (Lipinski definition) is 1. The van der Waals surface area contributed by atoms with Gasteiger partial charge in [-0.2, -0.15) is 0 Å². The third-order valence-corrected chi connectivity index (χ3v) is 2.67. The number of methoxy groups -OCH3 is 1. The van der Waals surface area contributed by atoms with Crippen LogP contribution in [0.3, 0.4) is 0 Å². The molecule has 0 N–H and O–H groups in total. The van der Waals surface area contributed by atoms with Gasteiger partial charge in [0.25, 0.3) is 0 Å². The maximum atomic E-state index is 5.18. The maximum Gasteiger partial charge on any atom is 0.119 e. The largest absolute Gasteiger partial charge is 0.497 e. The van der Waals surface area contributed by atoms with Gasteiger partial charge in [-0.05, 0) is 36.5 Å². The van der Waals surface area contributed by atoms with Crippen molar-refractivity contribution >= 4 is 0 Å². The van der Waals surface area contributed by atoms with Crippen molar-refractivity contribution in [3.8, 4) is 5.75 Å². The van der Waals surface area contributed by atoms with Gasteiger partial charge in [-0.15, -0.1) is 0 Å². The Morgan fingerprint density at radius 3 is 2.92 bits per heavy atom. The summed E-state index contributed by atoms with van der Waals surface area (Å²) in [6, 6.07) is 8.40. The molecule has 0 unspecified atom stereocenters. The van der Waals surface area contributed by atoms with Crippen molar-refractivity contribution in [2.24, 2.45) is 5.92 Å². The molecule has 0 saturated heterocycles. The van der Waals surface area contributed by atoms with Crippen LogP contribution in [-0.4, -0.2) is 7.11 Å². The molecule has 0 bridgehead atoms. The summed E-state index contributed by atoms with van der Waals surface area (Å²) in [5.74, 6) is 2.00. The molecule has 0 heterocycles. The molecule has 1 aromatic carbocycles. The first-order valence-electron chi connectivity index (χ1n) is 5.01. The minimum absolute atomic E-state index is 0.980. The van der Waals surface area contributed by atoms with Gasteiger partial charge in [-0.3, -0.25) is 0 Å². The molecule has 1 nitrogen and oxygen atoms in total. The highest BCUT2D eigenvalue weighted by Crippen LogP contribution is 2.33. The van der Waals surface area contributed by atoms with E-state index in [1.165, 1.54) is 31.2 Å². The first-order valence-corrected chi connectivity index (χ1v) is 5.01. The molecule has 1 fully saturated rings. The molecule has 0 amide bonds. The highest BCUT2D eigenvalue weighted by Gasteiger charge is 2.20. The Labute approximate surface area is 79.7 Å². The molecule has 13 heavy (non-hydrogen) atoms. The van der Waals surface area contributed by atoms with Crippen molar-refractivity contribution in [2.45, 2.75) is 25.7 Å². The van der Waals surface area contributed by atoms with E-state index >= 15 is 0 Å². The molecule has 0 aliphatic heterocycles. The molecule has 1 aromatic rings. The van der Waals surface area contributed by atoms with E-state index in [1.807, 2.05) is 6.07 Å². The van der Waals surface area contributed by atoms with E-state index in [4.69, 9.17) is 4.74 Å². The van der Waals surface area contributed by atoms with Gasteiger partial charge >= 0.3 is 0 Å². The maximum absolute atomic E-state index is 5.18. The lowest BCUT2D eigenvalue weighted by molar-refractivity contribution is 0.414. The number of hydrogen-bond donors (Lipinski definition) is 0. The molecule has 70 valence electrons. The lowest BCUT2D eigenvalue weighted by Crippen LogP contribution is -1.88. The summed E-state index contributed by atoms with van der Waals surface area (Å²) in [6.45, 7) is 0. The predicted octanol–water partition coefficient (Wildman–Crippen LogP) is 3.04. The molecule has 1 saturated carbocycles. The fourth-order valence-electron chi connectivity index (χ4n) is 1.61. The Hall–Kier alpha value is -0.980. The number of benzene rings is 1. The second-order valence-electron chi connectivity index (χ2n) is 3.83. The summed E-state index contributed by atoms with van der Waals surface area (Å²) in [7, 11) is 1.72. The average Bonchev–Trinajstić information content (AvgIpc) is 2.99. The lowest BCUT2D eigenvalue weighted by atomic mass is 10.1. The smallest absolute Gasteiger partial charge is 0.119 e. The zero-order valence-electron chi connectivity index (χ0n) is 8.12. The van der Waals surface area contributed by atoms with Crippen molar-refractivity contribution in [1.29, 1.82) is 0 Å². The van der Waals surface area contributed by atoms with Crippen LogP contribution in [0.2, 0.25) is 0 Å². The summed E-state index contributed by atoms with van der Waals surface area (Å²) in [5.41, 5.74) is 1.41. The molecule has 1 aliphatic rings. The van der Waals surface area contributed by atoms with E-state index in [2.05, 4.69) is 18.2 Å². The second-order valence-corrected chi connectivity index (χ2v) is 3.83. The Bertz CT molecular complexity index is 276. The van der Waals surface area contributed by atoms with Gasteiger partial charge in [0.1, 0.15) is 5.75 Å². The van der Waals surface area contributed by atoms with E-state index in [1.54, 1.807) is 7.11 Å². The van der Waals surface area contributed by atoms with E-state index in [-0.39, 0.29) is 0 Å². The summed E-state index contributed by atoms with van der Waals surface area (Å²) in [5, 5.41) is 0. The van der Waals surface area contributed by atoms with Gasteiger partial charge in [0.15, 0.2) is 0 Å². The zero-order chi connectivity index (χ0) is 9.10. The Morgan fingerprint density at radius 1 is 1.38 bits per heavy atom. The highest BCUT2D eigenvalue weighted by molar-refractivity contribution is 5.28. The first kappa shape index (κ1) is 8.61. The molecule has 1 heteroatoms. The van der Waals surface area contributed by atoms with Crippen LogP contribution >= 0.6 is 0 Å². The monoisotopic (exact) mass is 176 g/mol. The topological polar surface area (TPSA) is 9.23 Å². The molecule has 2 rings (SSSR count). The minimum atomic E-state index is 0.980. The van der Waals surface area contributed by atoms with Gasteiger partial charge in [0.05, 0.1) is 7.11 Å². The Morgan fingerprint density at radius 2 is 2.23 bits per heavy atom. The molecule has 0 aromatic heterocycles. The minimum Gasteiger partial charge on any atom is -0.497 e. The van der Waals surface area contributed by atoms with E-state index in [0.717, 1.165) is 11.7 Å². The van der Waals surface area contributed by atoms with Gasteiger partial charge in [-0.25, -0.2) is 0 Å². The fraction of sp³-hybridized carbons (Fsp3) is 0.500. The van der Waals surface area contributed by atoms with Crippen LogP contribution in [0.4, 0.5) is 0 Å². The standard InChI is InChI=1S/C12H16O/c1-13-12-4-2-3-11(9-12)8-7-10-5-6-10/h2-4,9-10H,5-8H2,1H3. The second kappa shape index (κ2) is 3.82. The van der Waals surface area contributed by atoms with Gasteiger partial charge in [0.2, 0.25) is 0 Å². The fourth-order valence-corrected chi connectivity index (χ4v) is 1.61. The van der Waals surface area contributed by atoms with E-state index < -0.39 is 0 Å². The summed E-state index contributed by atoms with van der Waals surface area (Å²) in [6.07, 6.45) is 5.46. The molecule has 0 atom stereocenters. The van der Waals surface area contributed by atoms with Gasteiger partial charge < -0.3 is 4.74 Å². The van der Waals surface area contributed by atoms with E-state index in [0.29, 0.717) is 0 Å². The third kappa shape index (κ3) is 2.48. The van der Waals surface area contributed by atoms with Crippen molar-refractivity contribution in [3.05, 3.63) is 29.8 Å². The van der Waals surface area contributed by atoms with Crippen LogP contribution in [0.15, 0.2) is 24.3 Å². The van der Waals surface area contributed by atoms with Gasteiger partial charge in [0, 0.05) is 0 Å². The van der Waals surface area contributed by atoms with Crippen LogP contribution in [0.25, 0.3) is 0 Å². The molecular formula is C12H16O. The average molecular weight is 176 g/mol. The van der Waals surface area contributed by atoms with Crippen molar-refractivity contribution < 1.29 is 4.74 Å². The van der Waals surface area contributed by atoms with Crippen LogP contribution < -0.4 is 4.74 Å². The van der Waals surface area contributed by atoms with Gasteiger partial charge in [-0.1, -0.05) is 25.0 Å². The Balaban J connectivity index is 1.93. The quantitative estimate of drug-likeness (QED) is 0.685. The summed E-state index contributed by atoms with van der Waals surface area (Å²) < 4.78 is 5.18. The van der Waals surface area contributed by atoms with Crippen LogP contribution in [0.5, 0.6) is 5.75 Å². The zero-order valence-corrected chi connectivity index (χ0v) is 8.12. The van der Waals surface area contributed by atoms with E-state index in [9.17, 15) is 0 Å². The normalized spacial score (nSPS) is 15.8. The molecule has 1 aliphatic carbocycles. The lowest BCUT2D eigenvalue weighted by Gasteiger charge is -2.03. The highest BCUT2D eigenvalue weighted by atomic mass is 16.5. The predicted molar refractivity (Wildman–Crippen MR) is 54.0 cm³/mol. The van der Waals surface area contributed by atoms with Crippen molar-refractivity contribution in [2.75, 3.05) is 7.11 Å². The van der Waals surface area contributed by atoms with Crippen molar-refractivity contribution in [1.82, 2.24) is 0 Å². The van der Waals surface area contributed by atoms with Crippen LogP contribution in [-0.2, 0) is 6.42 Å². The van der Waals surface area contributed by atoms with Crippen molar-refractivity contribution in [3.63, 3.8) is 0 Å². The number of rotatable bonds is 4. The number of aryl methyl sites for hydroxylation is 1. The molecule has 0 radical (unpaired) electrons. The van der Waals surface area contributed by atoms with Crippen LogP contribution in [0.1, 0.15) is 24.8 Å². The number of ether oxygens (including phenoxy) is 1.